The van der Waals surface area contributed by atoms with Crippen molar-refractivity contribution in [3.05, 3.63) is 35.9 Å². The first-order valence-electron chi connectivity index (χ1n) is 5.62. The van der Waals surface area contributed by atoms with Gasteiger partial charge in [0.15, 0.2) is 6.10 Å². The first-order chi connectivity index (χ1) is 9.81. The number of ether oxygens (including phenoxy) is 1. The molecule has 0 saturated carbocycles. The zero-order valence-electron chi connectivity index (χ0n) is 10.5. The molecule has 4 N–H and O–H groups in total. The molecule has 21 heavy (non-hydrogen) atoms. The van der Waals surface area contributed by atoms with Gasteiger partial charge in [-0.3, -0.25) is 0 Å². The van der Waals surface area contributed by atoms with E-state index in [9.17, 15) is 14.4 Å². The molecular weight excluding hydrogens is 284 g/mol. The largest absolute Gasteiger partial charge is 0.508 e. The summed E-state index contributed by atoms with van der Waals surface area (Å²) in [5, 5.41) is 35.4. The zero-order chi connectivity index (χ0) is 16.0. The zero-order valence-corrected chi connectivity index (χ0v) is 10.5. The fourth-order valence-corrected chi connectivity index (χ4v) is 1.29. The number of carboxylic acids is 2. The number of esters is 1. The molecule has 0 saturated heterocycles. The Balaban J connectivity index is 2.72. The third kappa shape index (κ3) is 4.96. The Morgan fingerprint density at radius 3 is 2.10 bits per heavy atom. The maximum Gasteiger partial charge on any atom is 0.348 e. The number of rotatable bonds is 6. The molecule has 1 rings (SSSR count). The van der Waals surface area contributed by atoms with Gasteiger partial charge in [-0.15, -0.1) is 0 Å². The summed E-state index contributed by atoms with van der Waals surface area (Å²) >= 11 is 0. The van der Waals surface area contributed by atoms with Crippen LogP contribution in [0.25, 0.3) is 6.08 Å². The van der Waals surface area contributed by atoms with Gasteiger partial charge in [0.2, 0.25) is 6.10 Å². The standard InChI is InChI=1S/C13H12O8/c14-8-4-1-7(2-5-8)3-6-9(15)21-11(13(19)20)10(16)12(17)18/h1-6,10-11,14,16H,(H,17,18)(H,19,20)/b6-3-. The molecule has 2 unspecified atom stereocenters. The van der Waals surface area contributed by atoms with Crippen LogP contribution in [0.3, 0.4) is 0 Å². The molecule has 2 atom stereocenters. The van der Waals surface area contributed by atoms with Crippen LogP contribution in [0.4, 0.5) is 0 Å². The normalized spacial score (nSPS) is 13.6. The van der Waals surface area contributed by atoms with E-state index in [2.05, 4.69) is 4.74 Å². The van der Waals surface area contributed by atoms with E-state index >= 15 is 0 Å². The summed E-state index contributed by atoms with van der Waals surface area (Å²) in [6, 6.07) is 5.72. The Bertz CT molecular complexity index is 560. The maximum absolute atomic E-state index is 11.4. The number of aliphatic hydroxyl groups excluding tert-OH is 1. The molecule has 0 aliphatic carbocycles. The molecule has 112 valence electrons. The van der Waals surface area contributed by atoms with Crippen LogP contribution in [0, 0.1) is 0 Å². The van der Waals surface area contributed by atoms with Crippen molar-refractivity contribution in [1.82, 2.24) is 0 Å². The molecule has 8 nitrogen and oxygen atoms in total. The lowest BCUT2D eigenvalue weighted by Gasteiger charge is -2.15. The van der Waals surface area contributed by atoms with Crippen LogP contribution in [0.15, 0.2) is 30.3 Å². The maximum atomic E-state index is 11.4. The van der Waals surface area contributed by atoms with Crippen molar-refractivity contribution in [2.24, 2.45) is 0 Å². The summed E-state index contributed by atoms with van der Waals surface area (Å²) in [5.41, 5.74) is 0.524. The molecule has 0 aromatic heterocycles. The minimum absolute atomic E-state index is 0.0326. The fourth-order valence-electron chi connectivity index (χ4n) is 1.29. The number of phenolic OH excluding ortho intramolecular Hbond substituents is 1. The van der Waals surface area contributed by atoms with E-state index in [1.807, 2.05) is 0 Å². The highest BCUT2D eigenvalue weighted by Crippen LogP contribution is 2.11. The van der Waals surface area contributed by atoms with Crippen LogP contribution in [0.2, 0.25) is 0 Å². The molecule has 0 fully saturated rings. The van der Waals surface area contributed by atoms with E-state index in [0.717, 1.165) is 6.08 Å². The quantitative estimate of drug-likeness (QED) is 0.419. The molecule has 0 aliphatic rings. The average Bonchev–Trinajstić information content (AvgIpc) is 2.43. The predicted octanol–water partition coefficient (Wildman–Crippen LogP) is -0.153. The van der Waals surface area contributed by atoms with Gasteiger partial charge in [-0.25, -0.2) is 14.4 Å². The van der Waals surface area contributed by atoms with Gasteiger partial charge >= 0.3 is 17.9 Å². The number of phenols is 1. The number of carboxylic acid groups (broad SMARTS) is 2. The van der Waals surface area contributed by atoms with E-state index in [-0.39, 0.29) is 5.75 Å². The van der Waals surface area contributed by atoms with Gasteiger partial charge in [-0.2, -0.15) is 0 Å². The highest BCUT2D eigenvalue weighted by atomic mass is 16.6. The van der Waals surface area contributed by atoms with Crippen LogP contribution in [0.5, 0.6) is 5.75 Å². The minimum Gasteiger partial charge on any atom is -0.508 e. The lowest BCUT2D eigenvalue weighted by molar-refractivity contribution is -0.176. The number of benzene rings is 1. The SMILES string of the molecule is O=C(/C=C\c1ccc(O)cc1)OC(C(=O)O)C(O)C(=O)O. The van der Waals surface area contributed by atoms with Gasteiger partial charge in [0.05, 0.1) is 0 Å². The van der Waals surface area contributed by atoms with Crippen LogP contribution in [0.1, 0.15) is 5.56 Å². The van der Waals surface area contributed by atoms with Gasteiger partial charge < -0.3 is 25.2 Å². The van der Waals surface area contributed by atoms with Crippen molar-refractivity contribution in [3.8, 4) is 5.75 Å². The number of aliphatic hydroxyl groups is 1. The first-order valence-corrected chi connectivity index (χ1v) is 5.62. The molecule has 1 aromatic carbocycles. The van der Waals surface area contributed by atoms with Crippen molar-refractivity contribution >= 4 is 24.0 Å². The number of aliphatic carboxylic acids is 2. The molecule has 0 radical (unpaired) electrons. The highest BCUT2D eigenvalue weighted by molar-refractivity contribution is 5.91. The number of hydrogen-bond donors (Lipinski definition) is 4. The van der Waals surface area contributed by atoms with Gasteiger partial charge in [0.25, 0.3) is 0 Å². The third-order valence-corrected chi connectivity index (χ3v) is 2.33. The molecule has 8 heteroatoms. The molecule has 0 bridgehead atoms. The summed E-state index contributed by atoms with van der Waals surface area (Å²) < 4.78 is 4.37. The van der Waals surface area contributed by atoms with E-state index in [0.29, 0.717) is 5.56 Å². The van der Waals surface area contributed by atoms with Gasteiger partial charge in [-0.1, -0.05) is 12.1 Å². The molecule has 0 spiro atoms. The van der Waals surface area contributed by atoms with E-state index < -0.39 is 30.1 Å². The number of carbonyl (C=O) groups excluding carboxylic acids is 1. The Morgan fingerprint density at radius 1 is 1.05 bits per heavy atom. The second kappa shape index (κ2) is 7.06. The number of carbonyl (C=O) groups is 3. The Kier molecular flexibility index (Phi) is 5.44. The summed E-state index contributed by atoms with van der Waals surface area (Å²) in [5.74, 6) is -4.70. The van der Waals surface area contributed by atoms with Gasteiger partial charge in [-0.05, 0) is 23.8 Å². The van der Waals surface area contributed by atoms with Crippen LogP contribution in [-0.2, 0) is 19.1 Å². The van der Waals surface area contributed by atoms with Crippen molar-refractivity contribution in [2.45, 2.75) is 12.2 Å². The van der Waals surface area contributed by atoms with Crippen molar-refractivity contribution in [1.29, 1.82) is 0 Å². The second-order valence-corrected chi connectivity index (χ2v) is 3.90. The number of hydrogen-bond acceptors (Lipinski definition) is 6. The minimum atomic E-state index is -2.37. The van der Waals surface area contributed by atoms with Crippen LogP contribution < -0.4 is 0 Å². The fraction of sp³-hybridized carbons (Fsp3) is 0.154. The van der Waals surface area contributed by atoms with Gasteiger partial charge in [0, 0.05) is 6.08 Å². The topological polar surface area (TPSA) is 141 Å². The summed E-state index contributed by atoms with van der Waals surface area (Å²) in [6.45, 7) is 0. The van der Waals surface area contributed by atoms with Gasteiger partial charge in [0.1, 0.15) is 5.75 Å². The molecule has 0 amide bonds. The summed E-state index contributed by atoms with van der Waals surface area (Å²) in [4.78, 5) is 32.6. The summed E-state index contributed by atoms with van der Waals surface area (Å²) in [7, 11) is 0. The Hall–Kier alpha value is -2.87. The lowest BCUT2D eigenvalue weighted by Crippen LogP contribution is -2.42. The van der Waals surface area contributed by atoms with Crippen LogP contribution >= 0.6 is 0 Å². The van der Waals surface area contributed by atoms with E-state index in [1.165, 1.54) is 30.3 Å². The highest BCUT2D eigenvalue weighted by Gasteiger charge is 2.35. The smallest absolute Gasteiger partial charge is 0.348 e. The molecule has 1 aromatic rings. The monoisotopic (exact) mass is 296 g/mol. The lowest BCUT2D eigenvalue weighted by atomic mass is 10.2. The third-order valence-electron chi connectivity index (χ3n) is 2.33. The van der Waals surface area contributed by atoms with Crippen molar-refractivity contribution in [3.63, 3.8) is 0 Å². The van der Waals surface area contributed by atoms with Crippen molar-refractivity contribution in [2.75, 3.05) is 0 Å². The van der Waals surface area contributed by atoms with E-state index in [1.54, 1.807) is 0 Å². The van der Waals surface area contributed by atoms with E-state index in [4.69, 9.17) is 20.4 Å². The summed E-state index contributed by atoms with van der Waals surface area (Å²) in [6.07, 6.45) is -2.43. The second-order valence-electron chi connectivity index (χ2n) is 3.90. The van der Waals surface area contributed by atoms with Crippen LogP contribution in [-0.4, -0.2) is 50.5 Å². The first kappa shape index (κ1) is 16.2. The van der Waals surface area contributed by atoms with Crippen molar-refractivity contribution < 1.29 is 39.5 Å². The number of aromatic hydroxyl groups is 1. The molecule has 0 heterocycles. The Morgan fingerprint density at radius 2 is 1.62 bits per heavy atom. The molecule has 0 aliphatic heterocycles. The molecular formula is C13H12O8. The average molecular weight is 296 g/mol. The predicted molar refractivity (Wildman–Crippen MR) is 68.3 cm³/mol. The Labute approximate surface area is 118 Å².